The third-order valence-corrected chi connectivity index (χ3v) is 6.18. The summed E-state index contributed by atoms with van der Waals surface area (Å²) in [6, 6.07) is 15.7. The number of anilines is 1. The molecule has 2 amide bonds. The standard InChI is InChI=1S/C23H28N2O2S/c1-3-18(19-7-5-4-6-8-19)16-22(26)24-21-10-9-20(15-17(21)2)23(27)25-11-13-28-14-12-25/h4-10,15,18H,3,11-14,16H2,1-2H3,(H,24,26). The molecule has 0 spiro atoms. The van der Waals surface area contributed by atoms with Gasteiger partial charge in [-0.2, -0.15) is 11.8 Å². The molecule has 0 bridgehead atoms. The fraction of sp³-hybridized carbons (Fsp3) is 0.391. The van der Waals surface area contributed by atoms with Crippen molar-refractivity contribution in [3.05, 3.63) is 65.2 Å². The van der Waals surface area contributed by atoms with Gasteiger partial charge in [0.2, 0.25) is 5.91 Å². The summed E-state index contributed by atoms with van der Waals surface area (Å²) in [5.41, 5.74) is 3.58. The van der Waals surface area contributed by atoms with Crippen molar-refractivity contribution in [3.8, 4) is 0 Å². The SMILES string of the molecule is CCC(CC(=O)Nc1ccc(C(=O)N2CCSCC2)cc1C)c1ccccc1. The predicted octanol–water partition coefficient (Wildman–Crippen LogP) is 4.71. The van der Waals surface area contributed by atoms with Crippen LogP contribution in [0.15, 0.2) is 48.5 Å². The van der Waals surface area contributed by atoms with Gasteiger partial charge in [0.05, 0.1) is 0 Å². The number of hydrogen-bond acceptors (Lipinski definition) is 3. The highest BCUT2D eigenvalue weighted by molar-refractivity contribution is 7.99. The number of benzene rings is 2. The molecule has 28 heavy (non-hydrogen) atoms. The summed E-state index contributed by atoms with van der Waals surface area (Å²) in [6.07, 6.45) is 1.37. The van der Waals surface area contributed by atoms with Crippen molar-refractivity contribution < 1.29 is 9.59 Å². The van der Waals surface area contributed by atoms with Gasteiger partial charge in [-0.15, -0.1) is 0 Å². The number of amides is 2. The minimum Gasteiger partial charge on any atom is -0.337 e. The highest BCUT2D eigenvalue weighted by Gasteiger charge is 2.19. The fourth-order valence-electron chi connectivity index (χ4n) is 3.53. The molecule has 1 unspecified atom stereocenters. The second-order valence-corrected chi connectivity index (χ2v) is 8.43. The van der Waals surface area contributed by atoms with E-state index in [0.29, 0.717) is 12.0 Å². The normalized spacial score (nSPS) is 15.1. The van der Waals surface area contributed by atoms with Gasteiger partial charge in [-0.05, 0) is 48.6 Å². The molecule has 1 fully saturated rings. The minimum absolute atomic E-state index is 0.00550. The van der Waals surface area contributed by atoms with Gasteiger partial charge in [0, 0.05) is 42.3 Å². The van der Waals surface area contributed by atoms with Gasteiger partial charge in [0.1, 0.15) is 0 Å². The summed E-state index contributed by atoms with van der Waals surface area (Å²) in [5, 5.41) is 3.02. The lowest BCUT2D eigenvalue weighted by Crippen LogP contribution is -2.37. The van der Waals surface area contributed by atoms with Crippen molar-refractivity contribution in [3.63, 3.8) is 0 Å². The van der Waals surface area contributed by atoms with Gasteiger partial charge in [-0.3, -0.25) is 9.59 Å². The quantitative estimate of drug-likeness (QED) is 0.769. The lowest BCUT2D eigenvalue weighted by molar-refractivity contribution is -0.116. The number of hydrogen-bond donors (Lipinski definition) is 1. The summed E-state index contributed by atoms with van der Waals surface area (Å²) in [5.74, 6) is 2.29. The van der Waals surface area contributed by atoms with E-state index in [1.54, 1.807) is 0 Å². The van der Waals surface area contributed by atoms with E-state index in [9.17, 15) is 9.59 Å². The van der Waals surface area contributed by atoms with Crippen molar-refractivity contribution in [2.75, 3.05) is 29.9 Å². The Hall–Kier alpha value is -2.27. The molecule has 2 aromatic rings. The zero-order valence-electron chi connectivity index (χ0n) is 16.6. The van der Waals surface area contributed by atoms with Gasteiger partial charge in [0.25, 0.3) is 5.91 Å². The third-order valence-electron chi connectivity index (χ3n) is 5.24. The van der Waals surface area contributed by atoms with Gasteiger partial charge < -0.3 is 10.2 Å². The van der Waals surface area contributed by atoms with Crippen LogP contribution in [0.2, 0.25) is 0 Å². The summed E-state index contributed by atoms with van der Waals surface area (Å²) in [7, 11) is 0. The van der Waals surface area contributed by atoms with E-state index < -0.39 is 0 Å². The molecule has 1 aliphatic heterocycles. The summed E-state index contributed by atoms with van der Waals surface area (Å²) in [6.45, 7) is 5.65. The summed E-state index contributed by atoms with van der Waals surface area (Å²) in [4.78, 5) is 27.2. The molecule has 1 aliphatic rings. The van der Waals surface area contributed by atoms with Crippen LogP contribution >= 0.6 is 11.8 Å². The maximum absolute atomic E-state index is 12.7. The van der Waals surface area contributed by atoms with Crippen molar-refractivity contribution in [2.45, 2.75) is 32.6 Å². The van der Waals surface area contributed by atoms with Crippen LogP contribution in [0.5, 0.6) is 0 Å². The van der Waals surface area contributed by atoms with Crippen LogP contribution in [-0.2, 0) is 4.79 Å². The second-order valence-electron chi connectivity index (χ2n) is 7.20. The number of rotatable bonds is 6. The van der Waals surface area contributed by atoms with E-state index in [0.717, 1.165) is 42.3 Å². The first-order valence-corrected chi connectivity index (χ1v) is 11.1. The fourth-order valence-corrected chi connectivity index (χ4v) is 4.44. The smallest absolute Gasteiger partial charge is 0.253 e. The van der Waals surface area contributed by atoms with Crippen LogP contribution in [0.3, 0.4) is 0 Å². The lowest BCUT2D eigenvalue weighted by atomic mass is 9.93. The Balaban J connectivity index is 1.63. The molecule has 4 nitrogen and oxygen atoms in total. The summed E-state index contributed by atoms with van der Waals surface area (Å²) >= 11 is 1.89. The van der Waals surface area contributed by atoms with E-state index in [1.807, 2.05) is 60.0 Å². The number of carbonyl (C=O) groups is 2. The Morgan fingerprint density at radius 1 is 1.11 bits per heavy atom. The topological polar surface area (TPSA) is 49.4 Å². The molecule has 1 atom stereocenters. The van der Waals surface area contributed by atoms with Crippen LogP contribution < -0.4 is 5.32 Å². The monoisotopic (exact) mass is 396 g/mol. The average Bonchev–Trinajstić information content (AvgIpc) is 2.74. The van der Waals surface area contributed by atoms with E-state index in [4.69, 9.17) is 0 Å². The Morgan fingerprint density at radius 2 is 1.82 bits per heavy atom. The molecule has 3 rings (SSSR count). The zero-order valence-corrected chi connectivity index (χ0v) is 17.4. The largest absolute Gasteiger partial charge is 0.337 e. The van der Waals surface area contributed by atoms with Gasteiger partial charge in [0.15, 0.2) is 0 Å². The van der Waals surface area contributed by atoms with Crippen molar-refractivity contribution in [1.82, 2.24) is 4.90 Å². The predicted molar refractivity (Wildman–Crippen MR) is 117 cm³/mol. The molecule has 1 N–H and O–H groups in total. The van der Waals surface area contributed by atoms with Gasteiger partial charge in [-0.25, -0.2) is 0 Å². The first kappa shape index (κ1) is 20.5. The molecule has 1 saturated heterocycles. The molecular weight excluding hydrogens is 368 g/mol. The minimum atomic E-state index is 0.00550. The second kappa shape index (κ2) is 9.78. The molecule has 1 heterocycles. The number of aryl methyl sites for hydroxylation is 1. The van der Waals surface area contributed by atoms with Crippen LogP contribution in [0, 0.1) is 6.92 Å². The maximum Gasteiger partial charge on any atom is 0.253 e. The molecule has 0 saturated carbocycles. The summed E-state index contributed by atoms with van der Waals surface area (Å²) < 4.78 is 0. The molecule has 148 valence electrons. The van der Waals surface area contributed by atoms with Gasteiger partial charge >= 0.3 is 0 Å². The van der Waals surface area contributed by atoms with Crippen LogP contribution in [0.4, 0.5) is 5.69 Å². The van der Waals surface area contributed by atoms with Gasteiger partial charge in [-0.1, -0.05) is 37.3 Å². The highest BCUT2D eigenvalue weighted by Crippen LogP contribution is 2.25. The molecule has 2 aromatic carbocycles. The molecular formula is C23H28N2O2S. The zero-order chi connectivity index (χ0) is 19.9. The molecule has 5 heteroatoms. The highest BCUT2D eigenvalue weighted by atomic mass is 32.2. The molecule has 0 aliphatic carbocycles. The average molecular weight is 397 g/mol. The Morgan fingerprint density at radius 3 is 2.46 bits per heavy atom. The Labute approximate surface area is 171 Å². The number of thioether (sulfide) groups is 1. The third kappa shape index (κ3) is 5.16. The van der Waals surface area contributed by atoms with Crippen LogP contribution in [0.25, 0.3) is 0 Å². The Bertz CT molecular complexity index is 817. The van der Waals surface area contributed by atoms with E-state index in [-0.39, 0.29) is 17.7 Å². The van der Waals surface area contributed by atoms with E-state index >= 15 is 0 Å². The first-order chi connectivity index (χ1) is 13.6. The van der Waals surface area contributed by atoms with Crippen molar-refractivity contribution in [2.24, 2.45) is 0 Å². The van der Waals surface area contributed by atoms with Crippen molar-refractivity contribution >= 4 is 29.3 Å². The molecule has 0 aromatic heterocycles. The van der Waals surface area contributed by atoms with Crippen LogP contribution in [0.1, 0.15) is 47.2 Å². The van der Waals surface area contributed by atoms with Crippen molar-refractivity contribution in [1.29, 1.82) is 0 Å². The number of carbonyl (C=O) groups excluding carboxylic acids is 2. The number of nitrogens with zero attached hydrogens (tertiary/aromatic N) is 1. The van der Waals surface area contributed by atoms with E-state index in [1.165, 1.54) is 5.56 Å². The Kier molecular flexibility index (Phi) is 7.15. The maximum atomic E-state index is 12.7. The van der Waals surface area contributed by atoms with E-state index in [2.05, 4.69) is 24.4 Å². The number of nitrogens with one attached hydrogen (secondary N) is 1. The molecule has 0 radical (unpaired) electrons. The lowest BCUT2D eigenvalue weighted by Gasteiger charge is -2.26. The first-order valence-electron chi connectivity index (χ1n) is 9.91. The van der Waals surface area contributed by atoms with Crippen LogP contribution in [-0.4, -0.2) is 41.3 Å².